The molecular weight excluding hydrogens is 240 g/mol. The van der Waals surface area contributed by atoms with E-state index in [1.54, 1.807) is 12.1 Å². The molecule has 1 amide bonds. The topological polar surface area (TPSA) is 75.3 Å². The van der Waals surface area contributed by atoms with E-state index in [-0.39, 0.29) is 24.5 Å². The van der Waals surface area contributed by atoms with Crippen molar-refractivity contribution in [3.63, 3.8) is 0 Å². The van der Waals surface area contributed by atoms with Crippen LogP contribution in [0.4, 0.5) is 5.69 Å². The summed E-state index contributed by atoms with van der Waals surface area (Å²) in [6, 6.07) is 4.44. The number of anilines is 1. The van der Waals surface area contributed by atoms with Crippen LogP contribution in [-0.4, -0.2) is 23.7 Å². The molecule has 0 bridgehead atoms. The lowest BCUT2D eigenvalue weighted by molar-refractivity contribution is 0.0897. The fourth-order valence-electron chi connectivity index (χ4n) is 1.39. The Bertz CT molecular complexity index is 407. The maximum absolute atomic E-state index is 11.9. The van der Waals surface area contributed by atoms with E-state index in [1.165, 1.54) is 6.07 Å². The van der Waals surface area contributed by atoms with E-state index in [0.717, 1.165) is 0 Å². The first-order valence-electron chi connectivity index (χ1n) is 5.42. The minimum Gasteiger partial charge on any atom is -0.399 e. The highest BCUT2D eigenvalue weighted by atomic mass is 35.5. The second-order valence-corrected chi connectivity index (χ2v) is 4.65. The number of hydrogen-bond acceptors (Lipinski definition) is 3. The van der Waals surface area contributed by atoms with Crippen molar-refractivity contribution in [1.29, 1.82) is 0 Å². The maximum Gasteiger partial charge on any atom is 0.253 e. The molecule has 94 valence electrons. The molecule has 1 rings (SSSR count). The van der Waals surface area contributed by atoms with Gasteiger partial charge in [-0.05, 0) is 24.1 Å². The molecule has 1 atom stereocenters. The summed E-state index contributed by atoms with van der Waals surface area (Å²) in [5.74, 6) is -0.182. The van der Waals surface area contributed by atoms with Crippen LogP contribution in [-0.2, 0) is 0 Å². The van der Waals surface area contributed by atoms with Crippen molar-refractivity contribution < 1.29 is 9.90 Å². The third-order valence-corrected chi connectivity index (χ3v) is 2.88. The second-order valence-electron chi connectivity index (χ2n) is 4.25. The summed E-state index contributed by atoms with van der Waals surface area (Å²) >= 11 is 5.92. The van der Waals surface area contributed by atoms with Crippen molar-refractivity contribution in [3.05, 3.63) is 28.8 Å². The average molecular weight is 257 g/mol. The highest BCUT2D eigenvalue weighted by Crippen LogP contribution is 2.19. The molecule has 4 N–H and O–H groups in total. The highest BCUT2D eigenvalue weighted by molar-refractivity contribution is 6.34. The van der Waals surface area contributed by atoms with Gasteiger partial charge < -0.3 is 16.2 Å². The Hall–Kier alpha value is -1.26. The Balaban J connectivity index is 2.86. The number of aliphatic hydroxyl groups is 1. The molecule has 0 unspecified atom stereocenters. The van der Waals surface area contributed by atoms with E-state index in [9.17, 15) is 4.79 Å². The van der Waals surface area contributed by atoms with Crippen LogP contribution in [0.3, 0.4) is 0 Å². The van der Waals surface area contributed by atoms with Crippen molar-refractivity contribution in [3.8, 4) is 0 Å². The minimum absolute atomic E-state index is 0.108. The number of rotatable bonds is 4. The van der Waals surface area contributed by atoms with Gasteiger partial charge in [-0.3, -0.25) is 4.79 Å². The molecule has 17 heavy (non-hydrogen) atoms. The zero-order chi connectivity index (χ0) is 13.0. The van der Waals surface area contributed by atoms with Gasteiger partial charge in [-0.25, -0.2) is 0 Å². The van der Waals surface area contributed by atoms with Gasteiger partial charge in [0.1, 0.15) is 0 Å². The van der Waals surface area contributed by atoms with Crippen LogP contribution in [0.25, 0.3) is 0 Å². The van der Waals surface area contributed by atoms with Crippen LogP contribution in [0.1, 0.15) is 24.2 Å². The smallest absolute Gasteiger partial charge is 0.253 e. The summed E-state index contributed by atoms with van der Waals surface area (Å²) in [7, 11) is 0. The molecule has 0 heterocycles. The number of amides is 1. The van der Waals surface area contributed by atoms with Crippen LogP contribution in [0.15, 0.2) is 18.2 Å². The molecule has 0 radical (unpaired) electrons. The fraction of sp³-hybridized carbons (Fsp3) is 0.417. The van der Waals surface area contributed by atoms with Gasteiger partial charge in [0.25, 0.3) is 5.91 Å². The molecular formula is C12H17ClN2O2. The van der Waals surface area contributed by atoms with Crippen LogP contribution < -0.4 is 11.1 Å². The minimum atomic E-state index is -0.324. The van der Waals surface area contributed by atoms with Crippen molar-refractivity contribution in [2.45, 2.75) is 19.9 Å². The largest absolute Gasteiger partial charge is 0.399 e. The monoisotopic (exact) mass is 256 g/mol. The summed E-state index contributed by atoms with van der Waals surface area (Å²) in [5, 5.41) is 12.2. The number of carbonyl (C=O) groups is 1. The summed E-state index contributed by atoms with van der Waals surface area (Å²) < 4.78 is 0. The molecule has 0 spiro atoms. The molecule has 0 saturated heterocycles. The molecule has 5 heteroatoms. The number of carbonyl (C=O) groups excluding carboxylic acids is 1. The number of hydrogen-bond donors (Lipinski definition) is 3. The first-order chi connectivity index (χ1) is 7.95. The van der Waals surface area contributed by atoms with Crippen molar-refractivity contribution >= 4 is 23.2 Å². The lowest BCUT2D eigenvalue weighted by Gasteiger charge is -2.20. The highest BCUT2D eigenvalue weighted by Gasteiger charge is 2.18. The molecule has 0 fully saturated rings. The van der Waals surface area contributed by atoms with Crippen molar-refractivity contribution in [2.24, 2.45) is 5.92 Å². The van der Waals surface area contributed by atoms with Gasteiger partial charge in [0.15, 0.2) is 0 Å². The molecule has 0 aliphatic heterocycles. The van der Waals surface area contributed by atoms with Gasteiger partial charge in [0.2, 0.25) is 0 Å². The van der Waals surface area contributed by atoms with E-state index < -0.39 is 0 Å². The van der Waals surface area contributed by atoms with E-state index in [4.69, 9.17) is 22.4 Å². The molecule has 0 aromatic heterocycles. The lowest BCUT2D eigenvalue weighted by atomic mass is 10.0. The van der Waals surface area contributed by atoms with E-state index >= 15 is 0 Å². The molecule has 1 aromatic rings. The Kier molecular flexibility index (Phi) is 4.78. The number of nitrogen functional groups attached to an aromatic ring is 1. The molecule has 0 aliphatic carbocycles. The van der Waals surface area contributed by atoms with Crippen LogP contribution in [0.2, 0.25) is 5.02 Å². The molecule has 1 aromatic carbocycles. The summed E-state index contributed by atoms with van der Waals surface area (Å²) in [6.07, 6.45) is 0. The zero-order valence-electron chi connectivity index (χ0n) is 9.90. The van der Waals surface area contributed by atoms with Crippen molar-refractivity contribution in [1.82, 2.24) is 5.32 Å². The number of benzene rings is 1. The summed E-state index contributed by atoms with van der Waals surface area (Å²) in [4.78, 5) is 11.9. The zero-order valence-corrected chi connectivity index (χ0v) is 10.7. The third-order valence-electron chi connectivity index (χ3n) is 2.55. The van der Waals surface area contributed by atoms with Gasteiger partial charge in [0.05, 0.1) is 23.2 Å². The molecule has 0 aliphatic rings. The number of nitrogens with one attached hydrogen (secondary N) is 1. The van der Waals surface area contributed by atoms with Crippen LogP contribution in [0.5, 0.6) is 0 Å². The Morgan fingerprint density at radius 1 is 1.53 bits per heavy atom. The van der Waals surface area contributed by atoms with Crippen molar-refractivity contribution in [2.75, 3.05) is 12.3 Å². The summed E-state index contributed by atoms with van der Waals surface area (Å²) in [5.41, 5.74) is 6.40. The first kappa shape index (κ1) is 13.8. The predicted molar refractivity (Wildman–Crippen MR) is 69.0 cm³/mol. The molecule has 4 nitrogen and oxygen atoms in total. The number of aliphatic hydroxyl groups excluding tert-OH is 1. The standard InChI is InChI=1S/C12H17ClN2O2/c1-7(2)11(6-16)15-12(17)9-5-8(14)3-4-10(9)13/h3-5,7,11,16H,6,14H2,1-2H3,(H,15,17)/t11-/m1/s1. The number of nitrogens with two attached hydrogens (primary N) is 1. The van der Waals surface area contributed by atoms with Gasteiger partial charge in [-0.15, -0.1) is 0 Å². The fourth-order valence-corrected chi connectivity index (χ4v) is 1.59. The quantitative estimate of drug-likeness (QED) is 0.718. The lowest BCUT2D eigenvalue weighted by Crippen LogP contribution is -2.41. The summed E-state index contributed by atoms with van der Waals surface area (Å²) in [6.45, 7) is 3.73. The van der Waals surface area contributed by atoms with Gasteiger partial charge >= 0.3 is 0 Å². The third kappa shape index (κ3) is 3.61. The SMILES string of the molecule is CC(C)[C@@H](CO)NC(=O)c1cc(N)ccc1Cl. The van der Waals surface area contributed by atoms with E-state index in [0.29, 0.717) is 16.3 Å². The normalized spacial score (nSPS) is 12.5. The van der Waals surface area contributed by atoms with E-state index in [1.807, 2.05) is 13.8 Å². The van der Waals surface area contributed by atoms with Crippen LogP contribution >= 0.6 is 11.6 Å². The van der Waals surface area contributed by atoms with Gasteiger partial charge in [0, 0.05) is 5.69 Å². The Labute approximate surface area is 106 Å². The molecule has 0 saturated carbocycles. The van der Waals surface area contributed by atoms with Gasteiger partial charge in [-0.2, -0.15) is 0 Å². The first-order valence-corrected chi connectivity index (χ1v) is 5.80. The average Bonchev–Trinajstić information content (AvgIpc) is 2.28. The van der Waals surface area contributed by atoms with Crippen LogP contribution in [0, 0.1) is 5.92 Å². The second kappa shape index (κ2) is 5.89. The maximum atomic E-state index is 11.9. The van der Waals surface area contributed by atoms with Gasteiger partial charge in [-0.1, -0.05) is 25.4 Å². The predicted octanol–water partition coefficient (Wildman–Crippen LogP) is 1.67. The van der Waals surface area contributed by atoms with E-state index in [2.05, 4.69) is 5.32 Å². The Morgan fingerprint density at radius 3 is 2.71 bits per heavy atom. The Morgan fingerprint density at radius 2 is 2.18 bits per heavy atom. The number of halogens is 1.